The van der Waals surface area contributed by atoms with Gasteiger partial charge in [-0.1, -0.05) is 0 Å². The van der Waals surface area contributed by atoms with E-state index in [4.69, 9.17) is 9.15 Å². The van der Waals surface area contributed by atoms with Gasteiger partial charge in [0.1, 0.15) is 11.5 Å². The minimum absolute atomic E-state index is 0.0760. The van der Waals surface area contributed by atoms with Crippen LogP contribution in [0.2, 0.25) is 0 Å². The Labute approximate surface area is 149 Å². The largest absolute Gasteiger partial charge is 0.497 e. The standard InChI is InChI=1S/C18H19N3O3S/c1-12-16(9-17(22)19-8-7-14-10-25-11-20-14)21-18(24-12)13-3-5-15(23-2)6-4-13/h3-6,10-11H,7-9H2,1-2H3,(H,19,22). The van der Waals surface area contributed by atoms with Crippen LogP contribution in [0.15, 0.2) is 39.6 Å². The third-order valence-corrected chi connectivity index (χ3v) is 4.38. The van der Waals surface area contributed by atoms with Crippen molar-refractivity contribution in [3.05, 3.63) is 52.3 Å². The molecule has 0 atom stereocenters. The minimum Gasteiger partial charge on any atom is -0.497 e. The quantitative estimate of drug-likeness (QED) is 0.703. The summed E-state index contributed by atoms with van der Waals surface area (Å²) in [6, 6.07) is 7.45. The Bertz CT molecular complexity index is 826. The lowest BCUT2D eigenvalue weighted by Gasteiger charge is -2.02. The van der Waals surface area contributed by atoms with Gasteiger partial charge in [0.05, 0.1) is 30.4 Å². The van der Waals surface area contributed by atoms with Crippen LogP contribution < -0.4 is 10.1 Å². The molecule has 0 saturated heterocycles. The molecule has 6 nitrogen and oxygen atoms in total. The van der Waals surface area contributed by atoms with Crippen molar-refractivity contribution in [2.75, 3.05) is 13.7 Å². The Morgan fingerprint density at radius 1 is 1.32 bits per heavy atom. The SMILES string of the molecule is COc1ccc(-c2nc(CC(=O)NCCc3cscn3)c(C)o2)cc1. The van der Waals surface area contributed by atoms with E-state index in [0.29, 0.717) is 23.9 Å². The molecule has 0 aliphatic heterocycles. The molecule has 3 rings (SSSR count). The molecule has 25 heavy (non-hydrogen) atoms. The van der Waals surface area contributed by atoms with Crippen LogP contribution in [0.1, 0.15) is 17.1 Å². The number of benzene rings is 1. The highest BCUT2D eigenvalue weighted by Crippen LogP contribution is 2.24. The van der Waals surface area contributed by atoms with E-state index in [1.54, 1.807) is 24.0 Å². The average Bonchev–Trinajstić information content (AvgIpc) is 3.25. The van der Waals surface area contributed by atoms with Crippen molar-refractivity contribution in [1.29, 1.82) is 0 Å². The minimum atomic E-state index is -0.0760. The number of hydrogen-bond acceptors (Lipinski definition) is 6. The summed E-state index contributed by atoms with van der Waals surface area (Å²) in [6.07, 6.45) is 0.923. The topological polar surface area (TPSA) is 77.2 Å². The van der Waals surface area contributed by atoms with Crippen LogP contribution in [-0.4, -0.2) is 29.5 Å². The first-order valence-electron chi connectivity index (χ1n) is 7.90. The summed E-state index contributed by atoms with van der Waals surface area (Å²) in [5.41, 5.74) is 4.28. The molecule has 0 fully saturated rings. The highest BCUT2D eigenvalue weighted by Gasteiger charge is 2.14. The summed E-state index contributed by atoms with van der Waals surface area (Å²) in [7, 11) is 1.62. The summed E-state index contributed by atoms with van der Waals surface area (Å²) in [5, 5.41) is 4.87. The van der Waals surface area contributed by atoms with Gasteiger partial charge in [0, 0.05) is 23.9 Å². The average molecular weight is 357 g/mol. The molecule has 0 radical (unpaired) electrons. The molecule has 1 aromatic carbocycles. The zero-order valence-corrected chi connectivity index (χ0v) is 14.9. The molecule has 130 valence electrons. The fourth-order valence-electron chi connectivity index (χ4n) is 2.35. The first kappa shape index (κ1) is 17.2. The molecule has 3 aromatic rings. The fourth-order valence-corrected chi connectivity index (χ4v) is 2.95. The number of carbonyl (C=O) groups excluding carboxylic acids is 1. The van der Waals surface area contributed by atoms with E-state index in [-0.39, 0.29) is 12.3 Å². The highest BCUT2D eigenvalue weighted by molar-refractivity contribution is 7.07. The lowest BCUT2D eigenvalue weighted by molar-refractivity contribution is -0.120. The van der Waals surface area contributed by atoms with E-state index in [1.165, 1.54) is 0 Å². The number of nitrogens with zero attached hydrogens (tertiary/aromatic N) is 2. The smallest absolute Gasteiger partial charge is 0.226 e. The Hall–Kier alpha value is -2.67. The molecule has 0 unspecified atom stereocenters. The summed E-state index contributed by atoms with van der Waals surface area (Å²) in [5.74, 6) is 1.85. The van der Waals surface area contributed by atoms with Crippen LogP contribution in [0.4, 0.5) is 0 Å². The Balaban J connectivity index is 1.58. The van der Waals surface area contributed by atoms with Gasteiger partial charge in [0.15, 0.2) is 0 Å². The van der Waals surface area contributed by atoms with E-state index < -0.39 is 0 Å². The van der Waals surface area contributed by atoms with E-state index in [2.05, 4.69) is 15.3 Å². The van der Waals surface area contributed by atoms with E-state index >= 15 is 0 Å². The summed E-state index contributed by atoms with van der Waals surface area (Å²) >= 11 is 1.55. The molecule has 0 aliphatic carbocycles. The van der Waals surface area contributed by atoms with Crippen molar-refractivity contribution in [1.82, 2.24) is 15.3 Å². The van der Waals surface area contributed by atoms with E-state index in [0.717, 1.165) is 23.4 Å². The number of nitrogens with one attached hydrogen (secondary N) is 1. The van der Waals surface area contributed by atoms with Crippen LogP contribution in [0.5, 0.6) is 5.75 Å². The van der Waals surface area contributed by atoms with Crippen molar-refractivity contribution >= 4 is 17.2 Å². The number of ether oxygens (including phenoxy) is 1. The first-order valence-corrected chi connectivity index (χ1v) is 8.84. The molecule has 0 spiro atoms. The number of aromatic nitrogens is 2. The second-order valence-electron chi connectivity index (χ2n) is 5.51. The van der Waals surface area contributed by atoms with Crippen molar-refractivity contribution in [3.63, 3.8) is 0 Å². The molecular formula is C18H19N3O3S. The van der Waals surface area contributed by atoms with Gasteiger partial charge in [0.2, 0.25) is 11.8 Å². The number of rotatable bonds is 7. The molecular weight excluding hydrogens is 338 g/mol. The summed E-state index contributed by atoms with van der Waals surface area (Å²) in [4.78, 5) is 20.7. The lowest BCUT2D eigenvalue weighted by atomic mass is 10.2. The van der Waals surface area contributed by atoms with E-state index in [9.17, 15) is 4.79 Å². The third kappa shape index (κ3) is 4.45. The predicted molar refractivity (Wildman–Crippen MR) is 95.8 cm³/mol. The number of aryl methyl sites for hydroxylation is 1. The highest BCUT2D eigenvalue weighted by atomic mass is 32.1. The number of oxazole rings is 1. The van der Waals surface area contributed by atoms with Crippen molar-refractivity contribution < 1.29 is 13.9 Å². The van der Waals surface area contributed by atoms with Gasteiger partial charge in [-0.2, -0.15) is 0 Å². The number of carbonyl (C=O) groups is 1. The zero-order valence-electron chi connectivity index (χ0n) is 14.1. The van der Waals surface area contributed by atoms with Gasteiger partial charge in [0.25, 0.3) is 0 Å². The molecule has 7 heteroatoms. The Kier molecular flexibility index (Phi) is 5.45. The van der Waals surface area contributed by atoms with Gasteiger partial charge in [-0.15, -0.1) is 11.3 Å². The molecule has 2 heterocycles. The Morgan fingerprint density at radius 3 is 2.80 bits per heavy atom. The van der Waals surface area contributed by atoms with Gasteiger partial charge in [-0.25, -0.2) is 9.97 Å². The van der Waals surface area contributed by atoms with Crippen LogP contribution in [-0.2, 0) is 17.6 Å². The predicted octanol–water partition coefficient (Wildman–Crippen LogP) is 3.02. The molecule has 0 aliphatic rings. The van der Waals surface area contributed by atoms with Gasteiger partial charge in [-0.05, 0) is 31.2 Å². The monoisotopic (exact) mass is 357 g/mol. The number of thiazole rings is 1. The number of methoxy groups -OCH3 is 1. The number of hydrogen-bond donors (Lipinski definition) is 1. The molecule has 0 saturated carbocycles. The normalized spacial score (nSPS) is 10.6. The molecule has 1 N–H and O–H groups in total. The number of amides is 1. The van der Waals surface area contributed by atoms with Crippen LogP contribution in [0.25, 0.3) is 11.5 Å². The molecule has 1 amide bonds. The molecule has 0 bridgehead atoms. The summed E-state index contributed by atoms with van der Waals surface area (Å²) < 4.78 is 10.8. The van der Waals surface area contributed by atoms with Gasteiger partial charge < -0.3 is 14.5 Å². The van der Waals surface area contributed by atoms with Gasteiger partial charge >= 0.3 is 0 Å². The second-order valence-corrected chi connectivity index (χ2v) is 6.23. The molecule has 2 aromatic heterocycles. The maximum Gasteiger partial charge on any atom is 0.226 e. The summed E-state index contributed by atoms with van der Waals surface area (Å²) in [6.45, 7) is 2.38. The van der Waals surface area contributed by atoms with Crippen LogP contribution >= 0.6 is 11.3 Å². The van der Waals surface area contributed by atoms with Gasteiger partial charge in [-0.3, -0.25) is 4.79 Å². The van der Waals surface area contributed by atoms with Crippen LogP contribution in [0.3, 0.4) is 0 Å². The van der Waals surface area contributed by atoms with Crippen molar-refractivity contribution in [2.24, 2.45) is 0 Å². The Morgan fingerprint density at radius 2 is 2.12 bits per heavy atom. The lowest BCUT2D eigenvalue weighted by Crippen LogP contribution is -2.27. The van der Waals surface area contributed by atoms with Crippen molar-refractivity contribution in [2.45, 2.75) is 19.8 Å². The maximum atomic E-state index is 12.1. The fraction of sp³-hybridized carbons (Fsp3) is 0.278. The first-order chi connectivity index (χ1) is 12.2. The zero-order chi connectivity index (χ0) is 17.6. The van der Waals surface area contributed by atoms with Crippen molar-refractivity contribution in [3.8, 4) is 17.2 Å². The second kappa shape index (κ2) is 7.94. The van der Waals surface area contributed by atoms with E-state index in [1.807, 2.05) is 36.6 Å². The maximum absolute atomic E-state index is 12.1. The van der Waals surface area contributed by atoms with Crippen LogP contribution in [0, 0.1) is 6.92 Å². The third-order valence-electron chi connectivity index (χ3n) is 3.74.